The van der Waals surface area contributed by atoms with Gasteiger partial charge in [0.25, 0.3) is 5.78 Å². The van der Waals surface area contributed by atoms with Gasteiger partial charge in [-0.15, -0.1) is 0 Å². The number of hydrogen-bond acceptors (Lipinski definition) is 5. The van der Waals surface area contributed by atoms with Gasteiger partial charge >= 0.3 is 6.18 Å². The molecule has 3 atom stereocenters. The van der Waals surface area contributed by atoms with Crippen molar-refractivity contribution < 1.29 is 36.0 Å². The van der Waals surface area contributed by atoms with E-state index in [1.807, 2.05) is 53.7 Å². The maximum absolute atomic E-state index is 14.1. The molecule has 0 bridgehead atoms. The van der Waals surface area contributed by atoms with Gasteiger partial charge in [-0.2, -0.15) is 17.9 Å². The molecule has 1 aliphatic heterocycles. The second kappa shape index (κ2) is 14.1. The molecule has 43 heavy (non-hydrogen) atoms. The number of carbonyl (C=O) groups excluding carboxylic acids is 3. The number of alkyl halides is 3. The summed E-state index contributed by atoms with van der Waals surface area (Å²) >= 11 is 0. The summed E-state index contributed by atoms with van der Waals surface area (Å²) in [6, 6.07) is -0.377. The zero-order valence-corrected chi connectivity index (χ0v) is 27.7. The maximum Gasteiger partial charge on any atom is 0.452 e. The Balaban J connectivity index is 2.47. The van der Waals surface area contributed by atoms with Gasteiger partial charge in [-0.3, -0.25) is 14.4 Å². The molecule has 0 saturated carbocycles. The Hall–Kier alpha value is -2.47. The predicted octanol–water partition coefficient (Wildman–Crippen LogP) is 5.62. The minimum absolute atomic E-state index is 0.124. The van der Waals surface area contributed by atoms with Crippen LogP contribution in [0.4, 0.5) is 13.2 Å². The van der Waals surface area contributed by atoms with E-state index in [1.54, 1.807) is 13.8 Å². The molecule has 8 nitrogen and oxygen atoms in total. The van der Waals surface area contributed by atoms with Crippen molar-refractivity contribution in [3.8, 4) is 0 Å². The Morgan fingerprint density at radius 3 is 1.72 bits per heavy atom. The molecule has 1 aromatic carbocycles. The molecule has 2 amide bonds. The van der Waals surface area contributed by atoms with Gasteiger partial charge < -0.3 is 10.2 Å². The topological polar surface area (TPSA) is 113 Å². The van der Waals surface area contributed by atoms with Crippen LogP contribution >= 0.6 is 0 Å². The number of rotatable bonds is 12. The fourth-order valence-electron chi connectivity index (χ4n) is 5.34. The number of halogens is 3. The Morgan fingerprint density at radius 1 is 0.837 bits per heavy atom. The number of Topliss-reactive ketones (excluding diaryl/α,β-unsaturated/α-hetero) is 1. The van der Waals surface area contributed by atoms with Crippen LogP contribution in [0.2, 0.25) is 0 Å². The third-order valence-electron chi connectivity index (χ3n) is 7.93. The van der Waals surface area contributed by atoms with E-state index in [0.717, 1.165) is 5.56 Å². The van der Waals surface area contributed by atoms with Crippen molar-refractivity contribution in [1.29, 1.82) is 0 Å². The highest BCUT2D eigenvalue weighted by Gasteiger charge is 2.47. The van der Waals surface area contributed by atoms with E-state index in [4.69, 9.17) is 0 Å². The van der Waals surface area contributed by atoms with Crippen molar-refractivity contribution in [2.45, 2.75) is 129 Å². The number of benzene rings is 1. The van der Waals surface area contributed by atoms with Gasteiger partial charge in [0.2, 0.25) is 21.8 Å². The van der Waals surface area contributed by atoms with Crippen LogP contribution in [0.25, 0.3) is 0 Å². The van der Waals surface area contributed by atoms with Gasteiger partial charge in [0.05, 0.1) is 10.9 Å². The molecule has 0 radical (unpaired) electrons. The van der Waals surface area contributed by atoms with E-state index in [9.17, 15) is 36.0 Å². The normalized spacial score (nSPS) is 17.8. The second-order valence-corrected chi connectivity index (χ2v) is 14.8. The number of sulfonamides is 1. The Bertz CT molecular complexity index is 1260. The Labute approximate surface area is 254 Å². The summed E-state index contributed by atoms with van der Waals surface area (Å²) in [6.45, 7) is 18.0. The highest BCUT2D eigenvalue weighted by atomic mass is 32.2. The number of nitrogens with one attached hydrogen (secondary N) is 2. The summed E-state index contributed by atoms with van der Waals surface area (Å²) in [5.41, 5.74) is 2.30. The zero-order chi connectivity index (χ0) is 33.2. The number of hydrogen-bond donors (Lipinski definition) is 2. The summed E-state index contributed by atoms with van der Waals surface area (Å²) in [6.07, 6.45) is -4.57. The van der Waals surface area contributed by atoms with Crippen LogP contribution in [-0.2, 0) is 24.4 Å². The van der Waals surface area contributed by atoms with E-state index >= 15 is 0 Å². The first kappa shape index (κ1) is 36.7. The van der Waals surface area contributed by atoms with Crippen molar-refractivity contribution in [1.82, 2.24) is 14.9 Å². The van der Waals surface area contributed by atoms with Crippen LogP contribution in [0.15, 0.2) is 17.0 Å². The Kier molecular flexibility index (Phi) is 12.0. The molecular formula is C31H48F3N3O5S. The number of amides is 2. The van der Waals surface area contributed by atoms with Crippen LogP contribution < -0.4 is 10.0 Å². The lowest BCUT2D eigenvalue weighted by atomic mass is 9.89. The van der Waals surface area contributed by atoms with Gasteiger partial charge in [0, 0.05) is 6.54 Å². The largest absolute Gasteiger partial charge is 0.452 e. The molecule has 1 aliphatic rings. The molecule has 1 aromatic rings. The first-order valence-electron chi connectivity index (χ1n) is 15.0. The summed E-state index contributed by atoms with van der Waals surface area (Å²) < 4.78 is 70.3. The van der Waals surface area contributed by atoms with Crippen LogP contribution in [-0.4, -0.2) is 61.8 Å². The smallest absolute Gasteiger partial charge is 0.344 e. The average Bonchev–Trinajstić information content (AvgIpc) is 3.38. The molecule has 1 saturated heterocycles. The fourth-order valence-corrected chi connectivity index (χ4v) is 7.38. The molecule has 244 valence electrons. The third-order valence-corrected chi connectivity index (χ3v) is 9.50. The quantitative estimate of drug-likeness (QED) is 0.311. The second-order valence-electron chi connectivity index (χ2n) is 13.1. The van der Waals surface area contributed by atoms with E-state index in [-0.39, 0.29) is 35.6 Å². The summed E-state index contributed by atoms with van der Waals surface area (Å²) in [5.74, 6) is -5.02. The Morgan fingerprint density at radius 2 is 1.33 bits per heavy atom. The zero-order valence-electron chi connectivity index (χ0n) is 26.9. The minimum Gasteiger partial charge on any atom is -0.344 e. The van der Waals surface area contributed by atoms with E-state index in [0.29, 0.717) is 17.5 Å². The lowest BCUT2D eigenvalue weighted by molar-refractivity contribution is -0.175. The lowest BCUT2D eigenvalue weighted by Crippen LogP contribution is -2.58. The molecule has 0 spiro atoms. The highest BCUT2D eigenvalue weighted by molar-refractivity contribution is 7.89. The van der Waals surface area contributed by atoms with E-state index in [1.165, 1.54) is 18.7 Å². The van der Waals surface area contributed by atoms with Gasteiger partial charge in [-0.05, 0) is 59.1 Å². The van der Waals surface area contributed by atoms with Crippen LogP contribution in [0.1, 0.15) is 117 Å². The molecule has 1 unspecified atom stereocenters. The van der Waals surface area contributed by atoms with E-state index < -0.39 is 63.8 Å². The maximum atomic E-state index is 14.1. The number of carbonyl (C=O) groups is 3. The molecule has 2 N–H and O–H groups in total. The van der Waals surface area contributed by atoms with Crippen molar-refractivity contribution in [2.75, 3.05) is 6.54 Å². The number of likely N-dealkylation sites (tertiary alicyclic amines) is 1. The summed E-state index contributed by atoms with van der Waals surface area (Å²) in [7, 11) is -4.24. The molecule has 1 fully saturated rings. The molecular weight excluding hydrogens is 583 g/mol. The predicted molar refractivity (Wildman–Crippen MR) is 160 cm³/mol. The van der Waals surface area contributed by atoms with Gasteiger partial charge in [-0.1, -0.05) is 81.4 Å². The highest BCUT2D eigenvalue weighted by Crippen LogP contribution is 2.35. The van der Waals surface area contributed by atoms with Gasteiger partial charge in [0.15, 0.2) is 0 Å². The van der Waals surface area contributed by atoms with Crippen LogP contribution in [0.3, 0.4) is 0 Å². The fraction of sp³-hybridized carbons (Fsp3) is 0.710. The summed E-state index contributed by atoms with van der Waals surface area (Å²) in [4.78, 5) is 40.4. The average molecular weight is 632 g/mol. The van der Waals surface area contributed by atoms with Gasteiger partial charge in [-0.25, -0.2) is 8.42 Å². The standard InChI is InChI=1S/C31H48F3N3O5S/c1-16(2)21-14-22(17(3)4)27(23(15-21)18(5)6)43(41,42)36-26(20(9)10)30(40)37-13-11-12-24(37)29(39)35-25(19(7)8)28(38)31(32,33)34/h14-20,24-26,36H,11-13H2,1-10H3,(H,35,39)/t24-,25?,26-/m0/s1. The first-order chi connectivity index (χ1) is 19.6. The van der Waals surface area contributed by atoms with Gasteiger partial charge in [0.1, 0.15) is 12.1 Å². The molecule has 0 aliphatic carbocycles. The number of ketones is 1. The third kappa shape index (κ3) is 8.59. The van der Waals surface area contributed by atoms with Crippen LogP contribution in [0.5, 0.6) is 0 Å². The summed E-state index contributed by atoms with van der Waals surface area (Å²) in [5, 5.41) is 2.20. The minimum atomic E-state index is -5.13. The molecule has 12 heteroatoms. The first-order valence-corrected chi connectivity index (χ1v) is 16.5. The van der Waals surface area contributed by atoms with Crippen LogP contribution in [0, 0.1) is 11.8 Å². The lowest BCUT2D eigenvalue weighted by Gasteiger charge is -2.32. The molecule has 2 rings (SSSR count). The number of nitrogens with zero attached hydrogens (tertiary/aromatic N) is 1. The monoisotopic (exact) mass is 631 g/mol. The molecule has 0 aromatic heterocycles. The van der Waals surface area contributed by atoms with Crippen molar-refractivity contribution >= 4 is 27.6 Å². The van der Waals surface area contributed by atoms with E-state index in [2.05, 4.69) is 10.0 Å². The van der Waals surface area contributed by atoms with Crippen molar-refractivity contribution in [3.63, 3.8) is 0 Å². The van der Waals surface area contributed by atoms with Crippen molar-refractivity contribution in [2.24, 2.45) is 11.8 Å². The SMILES string of the molecule is CC(C)c1cc(C(C)C)c(S(=O)(=O)N[C@H](C(=O)N2CCC[C@H]2C(=O)NC(C(=O)C(F)(F)F)C(C)C)C(C)C)c(C(C)C)c1. The molecule has 1 heterocycles. The van der Waals surface area contributed by atoms with Crippen molar-refractivity contribution in [3.05, 3.63) is 28.8 Å².